The first-order valence-corrected chi connectivity index (χ1v) is 12.6. The van der Waals surface area contributed by atoms with Crippen LogP contribution >= 0.6 is 0 Å². The lowest BCUT2D eigenvalue weighted by Gasteiger charge is -2.34. The smallest absolute Gasteiger partial charge is 0.243 e. The summed E-state index contributed by atoms with van der Waals surface area (Å²) in [6, 6.07) is 8.27. The number of nitrogens with zero attached hydrogens (tertiary/aromatic N) is 5. The van der Waals surface area contributed by atoms with Crippen LogP contribution in [0.25, 0.3) is 0 Å². The van der Waals surface area contributed by atoms with Crippen molar-refractivity contribution in [1.82, 2.24) is 19.2 Å². The van der Waals surface area contributed by atoms with Gasteiger partial charge in [-0.1, -0.05) is 12.8 Å². The van der Waals surface area contributed by atoms with Gasteiger partial charge in [0.15, 0.2) is 0 Å². The topological polar surface area (TPSA) is 98.7 Å². The highest BCUT2D eigenvalue weighted by atomic mass is 32.2. The second-order valence-corrected chi connectivity index (χ2v) is 10.1. The molecule has 0 spiro atoms. The first kappa shape index (κ1) is 22.6. The van der Waals surface area contributed by atoms with E-state index >= 15 is 0 Å². The van der Waals surface area contributed by atoms with Gasteiger partial charge in [-0.25, -0.2) is 18.4 Å². The maximum atomic E-state index is 12.9. The summed E-state index contributed by atoms with van der Waals surface area (Å²) in [4.78, 5) is 25.5. The van der Waals surface area contributed by atoms with Crippen LogP contribution in [0.1, 0.15) is 25.7 Å². The standard InChI is InChI=1S/C22H30N6O3S/c29-21(18-26-14-16-27(17-15-26)22-23-10-5-11-24-22)25-19-6-8-20(9-7-19)32(30,31)28-12-3-1-2-4-13-28/h5-11H,1-4,12-18H2,(H,25,29). The largest absolute Gasteiger partial charge is 0.338 e. The molecule has 2 aliphatic heterocycles. The highest BCUT2D eigenvalue weighted by molar-refractivity contribution is 7.89. The Morgan fingerprint density at radius 2 is 1.50 bits per heavy atom. The number of aromatic nitrogens is 2. The number of amides is 1. The Morgan fingerprint density at radius 1 is 0.875 bits per heavy atom. The van der Waals surface area contributed by atoms with Crippen LogP contribution in [-0.2, 0) is 14.8 Å². The van der Waals surface area contributed by atoms with Crippen LogP contribution in [0.3, 0.4) is 0 Å². The summed E-state index contributed by atoms with van der Waals surface area (Å²) in [7, 11) is -3.48. The number of sulfonamides is 1. The number of piperazine rings is 1. The van der Waals surface area contributed by atoms with Gasteiger partial charge in [-0.15, -0.1) is 0 Å². The molecule has 0 unspecified atom stereocenters. The van der Waals surface area contributed by atoms with Gasteiger partial charge in [0.2, 0.25) is 21.9 Å². The Morgan fingerprint density at radius 3 is 2.12 bits per heavy atom. The Kier molecular flexibility index (Phi) is 7.33. The molecule has 0 saturated carbocycles. The zero-order chi connectivity index (χ0) is 22.4. The van der Waals surface area contributed by atoms with Gasteiger partial charge in [-0.05, 0) is 43.2 Å². The number of rotatable bonds is 6. The lowest BCUT2D eigenvalue weighted by molar-refractivity contribution is -0.117. The zero-order valence-electron chi connectivity index (χ0n) is 18.2. The Labute approximate surface area is 189 Å². The third kappa shape index (κ3) is 5.62. The molecular formula is C22H30N6O3S. The van der Waals surface area contributed by atoms with Crippen LogP contribution in [0.2, 0.25) is 0 Å². The Bertz CT molecular complexity index is 984. The maximum absolute atomic E-state index is 12.9. The van der Waals surface area contributed by atoms with Crippen molar-refractivity contribution >= 4 is 27.6 Å². The molecule has 32 heavy (non-hydrogen) atoms. The average molecular weight is 459 g/mol. The van der Waals surface area contributed by atoms with Gasteiger partial charge in [-0.2, -0.15) is 4.31 Å². The molecule has 0 aliphatic carbocycles. The fourth-order valence-corrected chi connectivity index (χ4v) is 5.62. The molecule has 9 nitrogen and oxygen atoms in total. The fourth-order valence-electron chi connectivity index (χ4n) is 4.11. The molecule has 3 heterocycles. The molecule has 1 N–H and O–H groups in total. The number of nitrogens with one attached hydrogen (secondary N) is 1. The monoisotopic (exact) mass is 458 g/mol. The molecule has 2 fully saturated rings. The summed E-state index contributed by atoms with van der Waals surface area (Å²) >= 11 is 0. The molecular weight excluding hydrogens is 428 g/mol. The van der Waals surface area contributed by atoms with E-state index in [2.05, 4.69) is 25.1 Å². The van der Waals surface area contributed by atoms with Crippen molar-refractivity contribution in [1.29, 1.82) is 0 Å². The molecule has 2 saturated heterocycles. The highest BCUT2D eigenvalue weighted by Gasteiger charge is 2.25. The molecule has 1 aromatic heterocycles. The fraction of sp³-hybridized carbons (Fsp3) is 0.500. The van der Waals surface area contributed by atoms with Crippen LogP contribution in [-0.4, -0.2) is 79.3 Å². The van der Waals surface area contributed by atoms with Gasteiger partial charge < -0.3 is 10.2 Å². The van der Waals surface area contributed by atoms with Crippen molar-refractivity contribution in [2.24, 2.45) is 0 Å². The van der Waals surface area contributed by atoms with Crippen molar-refractivity contribution in [2.75, 3.05) is 56.0 Å². The first-order valence-electron chi connectivity index (χ1n) is 11.2. The summed E-state index contributed by atoms with van der Waals surface area (Å²) in [5.41, 5.74) is 0.598. The summed E-state index contributed by atoms with van der Waals surface area (Å²) in [6.07, 6.45) is 7.41. The Balaban J connectivity index is 1.28. The molecule has 0 atom stereocenters. The molecule has 2 aliphatic rings. The van der Waals surface area contributed by atoms with Crippen molar-refractivity contribution in [3.63, 3.8) is 0 Å². The number of carbonyl (C=O) groups is 1. The van der Waals surface area contributed by atoms with E-state index in [1.807, 2.05) is 0 Å². The normalized spacial score (nSPS) is 18.8. The minimum Gasteiger partial charge on any atom is -0.338 e. The van der Waals surface area contributed by atoms with E-state index in [4.69, 9.17) is 0 Å². The molecule has 1 aromatic carbocycles. The van der Waals surface area contributed by atoms with Crippen molar-refractivity contribution in [2.45, 2.75) is 30.6 Å². The zero-order valence-corrected chi connectivity index (χ0v) is 19.0. The predicted molar refractivity (Wildman–Crippen MR) is 123 cm³/mol. The van der Waals surface area contributed by atoms with Crippen LogP contribution in [0.5, 0.6) is 0 Å². The van der Waals surface area contributed by atoms with Crippen LogP contribution in [0.4, 0.5) is 11.6 Å². The molecule has 172 valence electrons. The summed E-state index contributed by atoms with van der Waals surface area (Å²) in [5.74, 6) is 0.601. The van der Waals surface area contributed by atoms with E-state index < -0.39 is 10.0 Å². The second-order valence-electron chi connectivity index (χ2n) is 8.20. The lowest BCUT2D eigenvalue weighted by atomic mass is 10.2. The van der Waals surface area contributed by atoms with E-state index in [1.165, 1.54) is 0 Å². The van der Waals surface area contributed by atoms with E-state index in [1.54, 1.807) is 47.0 Å². The molecule has 2 aromatic rings. The minimum atomic E-state index is -3.48. The van der Waals surface area contributed by atoms with Crippen LogP contribution in [0, 0.1) is 0 Å². The number of hydrogen-bond acceptors (Lipinski definition) is 7. The van der Waals surface area contributed by atoms with Gasteiger partial charge >= 0.3 is 0 Å². The van der Waals surface area contributed by atoms with Gasteiger partial charge in [-0.3, -0.25) is 9.69 Å². The minimum absolute atomic E-state index is 0.113. The van der Waals surface area contributed by atoms with E-state index in [0.29, 0.717) is 24.7 Å². The first-order chi connectivity index (χ1) is 15.5. The molecule has 1 amide bonds. The number of carbonyl (C=O) groups excluding carboxylic acids is 1. The third-order valence-corrected chi connectivity index (χ3v) is 7.83. The average Bonchev–Trinajstić information content (AvgIpc) is 3.11. The van der Waals surface area contributed by atoms with Gasteiger partial charge in [0.1, 0.15) is 0 Å². The molecule has 4 rings (SSSR count). The summed E-state index contributed by atoms with van der Waals surface area (Å²) in [5, 5.41) is 2.87. The van der Waals surface area contributed by atoms with Crippen LogP contribution < -0.4 is 10.2 Å². The van der Waals surface area contributed by atoms with Crippen molar-refractivity contribution < 1.29 is 13.2 Å². The highest BCUT2D eigenvalue weighted by Crippen LogP contribution is 2.22. The number of anilines is 2. The predicted octanol–water partition coefficient (Wildman–Crippen LogP) is 1.80. The van der Waals surface area contributed by atoms with E-state index in [-0.39, 0.29) is 17.3 Å². The van der Waals surface area contributed by atoms with Gasteiger partial charge in [0.25, 0.3) is 0 Å². The van der Waals surface area contributed by atoms with Crippen molar-refractivity contribution in [3.8, 4) is 0 Å². The summed E-state index contributed by atoms with van der Waals surface area (Å²) < 4.78 is 27.3. The third-order valence-electron chi connectivity index (χ3n) is 5.92. The second kappa shape index (κ2) is 10.4. The lowest BCUT2D eigenvalue weighted by Crippen LogP contribution is -2.49. The number of benzene rings is 1. The van der Waals surface area contributed by atoms with Crippen LogP contribution in [0.15, 0.2) is 47.6 Å². The molecule has 10 heteroatoms. The quantitative estimate of drug-likeness (QED) is 0.705. The number of hydrogen-bond donors (Lipinski definition) is 1. The maximum Gasteiger partial charge on any atom is 0.243 e. The van der Waals surface area contributed by atoms with Crippen molar-refractivity contribution in [3.05, 3.63) is 42.7 Å². The van der Waals surface area contributed by atoms with Gasteiger partial charge in [0.05, 0.1) is 11.4 Å². The van der Waals surface area contributed by atoms with Gasteiger partial charge in [0, 0.05) is 57.3 Å². The van der Waals surface area contributed by atoms with E-state index in [9.17, 15) is 13.2 Å². The molecule has 0 bridgehead atoms. The molecule has 0 radical (unpaired) electrons. The SMILES string of the molecule is O=C(CN1CCN(c2ncccn2)CC1)Nc1ccc(S(=O)(=O)N2CCCCCC2)cc1. The Hall–Kier alpha value is -2.56. The van der Waals surface area contributed by atoms with E-state index in [0.717, 1.165) is 51.9 Å². The summed E-state index contributed by atoms with van der Waals surface area (Å²) in [6.45, 7) is 4.46.